The summed E-state index contributed by atoms with van der Waals surface area (Å²) in [6.45, 7) is 3.88. The molecule has 0 fully saturated rings. The molecule has 0 N–H and O–H groups in total. The van der Waals surface area contributed by atoms with Gasteiger partial charge in [-0.25, -0.2) is 4.79 Å². The summed E-state index contributed by atoms with van der Waals surface area (Å²) >= 11 is 3.44. The molecule has 0 aromatic heterocycles. The highest BCUT2D eigenvalue weighted by molar-refractivity contribution is 9.10. The van der Waals surface area contributed by atoms with E-state index in [0.29, 0.717) is 23.7 Å². The topological polar surface area (TPSA) is 57.1 Å². The molecule has 0 aliphatic carbocycles. The molecule has 2 aromatic rings. The third kappa shape index (κ3) is 5.60. The van der Waals surface area contributed by atoms with E-state index < -0.39 is 5.97 Å². The molecule has 0 spiro atoms. The number of methoxy groups -OCH3 is 1. The summed E-state index contributed by atoms with van der Waals surface area (Å²) in [4.78, 5) is 16.0. The van der Waals surface area contributed by atoms with E-state index in [1.807, 2.05) is 37.3 Å². The number of aryl methyl sites for hydroxylation is 1. The van der Waals surface area contributed by atoms with Gasteiger partial charge in [0.05, 0.1) is 19.4 Å². The van der Waals surface area contributed by atoms with E-state index in [9.17, 15) is 4.79 Å². The molecular weight excluding hydrogens is 386 g/mol. The van der Waals surface area contributed by atoms with Crippen molar-refractivity contribution in [1.29, 1.82) is 0 Å². The number of carbonyl (C=O) groups is 1. The Balaban J connectivity index is 2.29. The normalized spacial score (nSPS) is 10.7. The van der Waals surface area contributed by atoms with Crippen molar-refractivity contribution >= 4 is 33.8 Å². The number of hydrogen-bond acceptors (Lipinski definition) is 5. The second-order valence-corrected chi connectivity index (χ2v) is 6.13. The van der Waals surface area contributed by atoms with Crippen molar-refractivity contribution in [1.82, 2.24) is 0 Å². The number of aliphatic imine (C=N–C) groups is 1. The van der Waals surface area contributed by atoms with Crippen LogP contribution in [0.3, 0.4) is 0 Å². The van der Waals surface area contributed by atoms with Gasteiger partial charge in [0.1, 0.15) is 0 Å². The van der Waals surface area contributed by atoms with Crippen LogP contribution in [0.25, 0.3) is 0 Å². The Morgan fingerprint density at radius 3 is 2.60 bits per heavy atom. The van der Waals surface area contributed by atoms with Gasteiger partial charge in [0.15, 0.2) is 18.1 Å². The molecule has 25 heavy (non-hydrogen) atoms. The summed E-state index contributed by atoms with van der Waals surface area (Å²) in [6.07, 6.45) is 1.68. The Morgan fingerprint density at radius 1 is 1.24 bits per heavy atom. The summed E-state index contributed by atoms with van der Waals surface area (Å²) in [6, 6.07) is 11.5. The van der Waals surface area contributed by atoms with Crippen molar-refractivity contribution in [3.63, 3.8) is 0 Å². The van der Waals surface area contributed by atoms with Crippen molar-refractivity contribution in [3.05, 3.63) is 52.0 Å². The van der Waals surface area contributed by atoms with E-state index in [1.54, 1.807) is 26.3 Å². The van der Waals surface area contributed by atoms with Crippen molar-refractivity contribution in [2.24, 2.45) is 4.99 Å². The minimum absolute atomic E-state index is 0.197. The molecule has 2 aromatic carbocycles. The number of benzene rings is 2. The highest BCUT2D eigenvalue weighted by Crippen LogP contribution is 2.34. The van der Waals surface area contributed by atoms with Gasteiger partial charge in [0.25, 0.3) is 0 Å². The van der Waals surface area contributed by atoms with Crippen LogP contribution in [0.1, 0.15) is 18.1 Å². The van der Waals surface area contributed by atoms with E-state index >= 15 is 0 Å². The molecule has 0 saturated carbocycles. The van der Waals surface area contributed by atoms with Gasteiger partial charge in [0.2, 0.25) is 0 Å². The maximum atomic E-state index is 11.6. The standard InChI is InChI=1S/C19H20BrNO4/c1-4-24-18(22)12-25-19-14(9-15(20)10-17(19)23-3)11-21-16-7-5-13(2)6-8-16/h5-11H,4,12H2,1-3H3. The van der Waals surface area contributed by atoms with Crippen LogP contribution in [0.4, 0.5) is 5.69 Å². The number of ether oxygens (including phenoxy) is 3. The average molecular weight is 406 g/mol. The minimum Gasteiger partial charge on any atom is -0.493 e. The number of esters is 1. The number of carbonyl (C=O) groups excluding carboxylic acids is 1. The van der Waals surface area contributed by atoms with E-state index in [4.69, 9.17) is 14.2 Å². The molecule has 0 aliphatic rings. The van der Waals surface area contributed by atoms with Gasteiger partial charge in [-0.05, 0) is 38.1 Å². The molecule has 0 aliphatic heterocycles. The third-order valence-electron chi connectivity index (χ3n) is 3.29. The second kappa shape index (κ2) is 9.22. The van der Waals surface area contributed by atoms with Crippen LogP contribution in [-0.4, -0.2) is 32.5 Å². The highest BCUT2D eigenvalue weighted by Gasteiger charge is 2.14. The average Bonchev–Trinajstić information content (AvgIpc) is 2.60. The number of hydrogen-bond donors (Lipinski definition) is 0. The summed E-state index contributed by atoms with van der Waals surface area (Å²) in [5.74, 6) is 0.507. The first-order valence-corrected chi connectivity index (χ1v) is 8.59. The van der Waals surface area contributed by atoms with Gasteiger partial charge in [0, 0.05) is 16.3 Å². The van der Waals surface area contributed by atoms with Crippen molar-refractivity contribution in [2.45, 2.75) is 13.8 Å². The van der Waals surface area contributed by atoms with Gasteiger partial charge in [-0.3, -0.25) is 4.99 Å². The lowest BCUT2D eigenvalue weighted by atomic mass is 10.2. The summed E-state index contributed by atoms with van der Waals surface area (Å²) in [7, 11) is 1.54. The molecule has 132 valence electrons. The van der Waals surface area contributed by atoms with Gasteiger partial charge in [-0.15, -0.1) is 0 Å². The Hall–Kier alpha value is -2.34. The van der Waals surface area contributed by atoms with Crippen LogP contribution in [0.15, 0.2) is 45.9 Å². The van der Waals surface area contributed by atoms with Crippen LogP contribution in [0.2, 0.25) is 0 Å². The van der Waals surface area contributed by atoms with Crippen LogP contribution in [0.5, 0.6) is 11.5 Å². The zero-order chi connectivity index (χ0) is 18.2. The summed E-state index contributed by atoms with van der Waals surface area (Å²) < 4.78 is 16.7. The maximum Gasteiger partial charge on any atom is 0.344 e. The molecule has 0 amide bonds. The maximum absolute atomic E-state index is 11.6. The molecule has 2 rings (SSSR count). The number of rotatable bonds is 7. The number of nitrogens with zero attached hydrogens (tertiary/aromatic N) is 1. The molecule has 0 unspecified atom stereocenters. The van der Waals surface area contributed by atoms with Gasteiger partial charge in [-0.2, -0.15) is 0 Å². The van der Waals surface area contributed by atoms with Gasteiger partial charge in [-0.1, -0.05) is 33.6 Å². The fourth-order valence-corrected chi connectivity index (χ4v) is 2.55. The van der Waals surface area contributed by atoms with Crippen LogP contribution in [0, 0.1) is 6.92 Å². The van der Waals surface area contributed by atoms with Crippen LogP contribution < -0.4 is 9.47 Å². The monoisotopic (exact) mass is 405 g/mol. The number of halogens is 1. The molecule has 0 atom stereocenters. The van der Waals surface area contributed by atoms with Crippen molar-refractivity contribution in [2.75, 3.05) is 20.3 Å². The quantitative estimate of drug-likeness (QED) is 0.503. The third-order valence-corrected chi connectivity index (χ3v) is 3.75. The zero-order valence-electron chi connectivity index (χ0n) is 14.4. The zero-order valence-corrected chi connectivity index (χ0v) is 16.0. The largest absolute Gasteiger partial charge is 0.493 e. The predicted octanol–water partition coefficient (Wildman–Crippen LogP) is 4.46. The fourth-order valence-electron chi connectivity index (χ4n) is 2.10. The van der Waals surface area contributed by atoms with E-state index in [1.165, 1.54) is 5.56 Å². The molecule has 0 bridgehead atoms. The van der Waals surface area contributed by atoms with Crippen LogP contribution in [-0.2, 0) is 9.53 Å². The molecule has 5 nitrogen and oxygen atoms in total. The fraction of sp³-hybridized carbons (Fsp3) is 0.263. The molecule has 0 saturated heterocycles. The molecule has 6 heteroatoms. The van der Waals surface area contributed by atoms with Gasteiger partial charge < -0.3 is 14.2 Å². The van der Waals surface area contributed by atoms with Crippen molar-refractivity contribution in [3.8, 4) is 11.5 Å². The summed E-state index contributed by atoms with van der Waals surface area (Å²) in [5.41, 5.74) is 2.68. The first kappa shape index (κ1) is 19.0. The van der Waals surface area contributed by atoms with E-state index in [-0.39, 0.29) is 6.61 Å². The predicted molar refractivity (Wildman–Crippen MR) is 101 cm³/mol. The Labute approximate surface area is 155 Å². The molecular formula is C19H20BrNO4. The smallest absolute Gasteiger partial charge is 0.344 e. The molecule has 0 heterocycles. The van der Waals surface area contributed by atoms with Crippen LogP contribution >= 0.6 is 15.9 Å². The van der Waals surface area contributed by atoms with Crippen molar-refractivity contribution < 1.29 is 19.0 Å². The van der Waals surface area contributed by atoms with Gasteiger partial charge >= 0.3 is 5.97 Å². The lowest BCUT2D eigenvalue weighted by Crippen LogP contribution is -2.15. The lowest BCUT2D eigenvalue weighted by molar-refractivity contribution is -0.145. The second-order valence-electron chi connectivity index (χ2n) is 5.21. The highest BCUT2D eigenvalue weighted by atomic mass is 79.9. The van der Waals surface area contributed by atoms with E-state index in [0.717, 1.165) is 10.2 Å². The minimum atomic E-state index is -0.436. The summed E-state index contributed by atoms with van der Waals surface area (Å²) in [5, 5.41) is 0. The first-order chi connectivity index (χ1) is 12.0. The molecule has 0 radical (unpaired) electrons. The SMILES string of the molecule is CCOC(=O)COc1c(C=Nc2ccc(C)cc2)cc(Br)cc1OC. The Kier molecular flexibility index (Phi) is 7.01. The van der Waals surface area contributed by atoms with E-state index in [2.05, 4.69) is 20.9 Å². The first-order valence-electron chi connectivity index (χ1n) is 7.80. The Morgan fingerprint density at radius 2 is 1.96 bits per heavy atom. The lowest BCUT2D eigenvalue weighted by Gasteiger charge is -2.13. The Bertz CT molecular complexity index is 757.